The zero-order chi connectivity index (χ0) is 9.42. The quantitative estimate of drug-likeness (QED) is 0.658. The maximum absolute atomic E-state index is 6.13. The van der Waals surface area contributed by atoms with Gasteiger partial charge in [-0.3, -0.25) is 0 Å². The zero-order valence-electron chi connectivity index (χ0n) is 7.10. The van der Waals surface area contributed by atoms with Crippen molar-refractivity contribution in [2.75, 3.05) is 0 Å². The van der Waals surface area contributed by atoms with Crippen LogP contribution < -0.4 is 0 Å². The van der Waals surface area contributed by atoms with Crippen molar-refractivity contribution in [3.63, 3.8) is 0 Å². The normalized spacial score (nSPS) is 11.0. The Morgan fingerprint density at radius 2 is 2.23 bits per heavy atom. The van der Waals surface area contributed by atoms with Crippen molar-refractivity contribution in [1.82, 2.24) is 0 Å². The van der Waals surface area contributed by atoms with Crippen LogP contribution in [-0.4, -0.2) is 0 Å². The fraction of sp³-hybridized carbons (Fsp3) is 0.200. The fourth-order valence-corrected chi connectivity index (χ4v) is 3.75. The molecule has 0 saturated heterocycles. The van der Waals surface area contributed by atoms with Gasteiger partial charge in [-0.2, -0.15) is 0 Å². The first-order valence-corrected chi connectivity index (χ1v) is 6.28. The van der Waals surface area contributed by atoms with Gasteiger partial charge in [0.2, 0.25) is 0 Å². The van der Waals surface area contributed by atoms with E-state index in [-0.39, 0.29) is 0 Å². The number of fused-ring (bicyclic) bond motifs is 1. The van der Waals surface area contributed by atoms with E-state index in [1.807, 2.05) is 0 Å². The molecular formula is C10H8BrClS. The van der Waals surface area contributed by atoms with Gasteiger partial charge in [-0.25, -0.2) is 0 Å². The van der Waals surface area contributed by atoms with Crippen LogP contribution in [0.1, 0.15) is 11.1 Å². The third-order valence-electron chi connectivity index (χ3n) is 2.10. The Hall–Kier alpha value is -0.0500. The number of aryl methyl sites for hydroxylation is 1. The van der Waals surface area contributed by atoms with Crippen LogP contribution in [0, 0.1) is 6.92 Å². The molecule has 0 aliphatic heterocycles. The Morgan fingerprint density at radius 3 is 2.92 bits per heavy atom. The predicted molar refractivity (Wildman–Crippen MR) is 64.2 cm³/mol. The van der Waals surface area contributed by atoms with Gasteiger partial charge in [0, 0.05) is 15.6 Å². The summed E-state index contributed by atoms with van der Waals surface area (Å²) >= 11 is 11.2. The van der Waals surface area contributed by atoms with Crippen molar-refractivity contribution >= 4 is 49.0 Å². The molecule has 0 aliphatic rings. The molecule has 0 N–H and O–H groups in total. The molecular weight excluding hydrogens is 268 g/mol. The summed E-state index contributed by atoms with van der Waals surface area (Å²) in [5.41, 5.74) is 2.52. The van der Waals surface area contributed by atoms with Crippen molar-refractivity contribution in [3.05, 3.63) is 33.7 Å². The molecule has 0 fully saturated rings. The lowest BCUT2D eigenvalue weighted by atomic mass is 10.1. The average molecular weight is 276 g/mol. The van der Waals surface area contributed by atoms with Gasteiger partial charge in [0.05, 0.1) is 4.34 Å². The van der Waals surface area contributed by atoms with E-state index in [4.69, 9.17) is 11.6 Å². The molecule has 0 nitrogen and oxygen atoms in total. The molecule has 13 heavy (non-hydrogen) atoms. The highest BCUT2D eigenvalue weighted by molar-refractivity contribution is 9.08. The summed E-state index contributed by atoms with van der Waals surface area (Å²) in [6.45, 7) is 2.12. The van der Waals surface area contributed by atoms with Gasteiger partial charge in [0.25, 0.3) is 0 Å². The summed E-state index contributed by atoms with van der Waals surface area (Å²) in [5.74, 6) is 0. The minimum atomic E-state index is 0.829. The average Bonchev–Trinajstić information content (AvgIpc) is 2.43. The van der Waals surface area contributed by atoms with E-state index in [0.717, 1.165) is 9.67 Å². The highest BCUT2D eigenvalue weighted by Crippen LogP contribution is 2.37. The first-order valence-electron chi connectivity index (χ1n) is 3.96. The lowest BCUT2D eigenvalue weighted by Gasteiger charge is -1.95. The van der Waals surface area contributed by atoms with Crippen LogP contribution in [0.25, 0.3) is 10.1 Å². The van der Waals surface area contributed by atoms with E-state index in [9.17, 15) is 0 Å². The Balaban J connectivity index is 2.86. The van der Waals surface area contributed by atoms with Crippen molar-refractivity contribution in [3.8, 4) is 0 Å². The van der Waals surface area contributed by atoms with Crippen molar-refractivity contribution in [1.29, 1.82) is 0 Å². The molecule has 0 bridgehead atoms. The largest absolute Gasteiger partial charge is 0.123 e. The number of thiophene rings is 1. The summed E-state index contributed by atoms with van der Waals surface area (Å²) in [7, 11) is 0. The van der Waals surface area contributed by atoms with E-state index in [1.165, 1.54) is 21.2 Å². The third-order valence-corrected chi connectivity index (χ3v) is 4.29. The zero-order valence-corrected chi connectivity index (χ0v) is 10.3. The Bertz CT molecular complexity index is 447. The van der Waals surface area contributed by atoms with E-state index < -0.39 is 0 Å². The van der Waals surface area contributed by atoms with Crippen LogP contribution in [0.3, 0.4) is 0 Å². The molecule has 0 spiro atoms. The predicted octanol–water partition coefficient (Wildman–Crippen LogP) is 4.76. The smallest absolute Gasteiger partial charge is 0.0981 e. The summed E-state index contributed by atoms with van der Waals surface area (Å²) in [4.78, 5) is 0. The number of hydrogen-bond donors (Lipinski definition) is 0. The lowest BCUT2D eigenvalue weighted by molar-refractivity contribution is 1.52. The van der Waals surface area contributed by atoms with Crippen molar-refractivity contribution in [2.45, 2.75) is 12.3 Å². The first kappa shape index (κ1) is 9.50. The summed E-state index contributed by atoms with van der Waals surface area (Å²) < 4.78 is 2.21. The number of halogens is 2. The van der Waals surface area contributed by atoms with Gasteiger partial charge in [0.15, 0.2) is 0 Å². The van der Waals surface area contributed by atoms with Crippen LogP contribution in [0.2, 0.25) is 4.34 Å². The molecule has 0 aliphatic carbocycles. The van der Waals surface area contributed by atoms with E-state index in [0.29, 0.717) is 0 Å². The van der Waals surface area contributed by atoms with Gasteiger partial charge in [-0.05, 0) is 17.9 Å². The summed E-state index contributed by atoms with van der Waals surface area (Å²) in [6.07, 6.45) is 0. The molecule has 0 saturated carbocycles. The van der Waals surface area contributed by atoms with E-state index in [1.54, 1.807) is 11.3 Å². The molecule has 1 aromatic heterocycles. The third kappa shape index (κ3) is 1.51. The molecule has 2 aromatic rings. The second-order valence-corrected chi connectivity index (χ2v) is 5.12. The summed E-state index contributed by atoms with van der Waals surface area (Å²) in [6, 6.07) is 6.32. The maximum Gasteiger partial charge on any atom is 0.0981 e. The molecule has 0 radical (unpaired) electrons. The molecule has 2 rings (SSSR count). The van der Waals surface area contributed by atoms with E-state index in [2.05, 4.69) is 41.1 Å². The first-order chi connectivity index (χ1) is 6.24. The molecule has 0 amide bonds. The van der Waals surface area contributed by atoms with Crippen molar-refractivity contribution < 1.29 is 0 Å². The van der Waals surface area contributed by atoms with Crippen LogP contribution in [0.4, 0.5) is 0 Å². The Morgan fingerprint density at radius 1 is 1.46 bits per heavy atom. The van der Waals surface area contributed by atoms with Gasteiger partial charge in [-0.15, -0.1) is 11.3 Å². The molecule has 0 atom stereocenters. The van der Waals surface area contributed by atoms with Gasteiger partial charge >= 0.3 is 0 Å². The van der Waals surface area contributed by atoms with Crippen molar-refractivity contribution in [2.24, 2.45) is 0 Å². The molecule has 0 unspecified atom stereocenters. The second-order valence-electron chi connectivity index (χ2n) is 2.94. The maximum atomic E-state index is 6.13. The minimum Gasteiger partial charge on any atom is -0.123 e. The highest BCUT2D eigenvalue weighted by atomic mass is 79.9. The Labute approximate surface area is 94.7 Å². The highest BCUT2D eigenvalue weighted by Gasteiger charge is 2.09. The van der Waals surface area contributed by atoms with Gasteiger partial charge in [0.1, 0.15) is 0 Å². The standard InChI is InChI=1S/C10H8BrClS/c1-6-3-2-4-7-8(5-11)10(12)13-9(6)7/h2-4H,5H2,1H3. The minimum absolute atomic E-state index is 0.829. The SMILES string of the molecule is Cc1cccc2c(CBr)c(Cl)sc12. The molecule has 1 aromatic carbocycles. The molecule has 1 heterocycles. The number of hydrogen-bond acceptors (Lipinski definition) is 1. The van der Waals surface area contributed by atoms with Crippen LogP contribution in [-0.2, 0) is 5.33 Å². The Kier molecular flexibility index (Phi) is 2.63. The second kappa shape index (κ2) is 3.60. The van der Waals surface area contributed by atoms with Gasteiger partial charge < -0.3 is 0 Å². The molecule has 3 heteroatoms. The summed E-state index contributed by atoms with van der Waals surface area (Å²) in [5, 5.41) is 2.11. The lowest BCUT2D eigenvalue weighted by Crippen LogP contribution is -1.75. The van der Waals surface area contributed by atoms with E-state index >= 15 is 0 Å². The van der Waals surface area contributed by atoms with Crippen LogP contribution >= 0.6 is 38.9 Å². The van der Waals surface area contributed by atoms with Gasteiger partial charge in [-0.1, -0.05) is 45.7 Å². The fourth-order valence-electron chi connectivity index (χ4n) is 1.41. The number of alkyl halides is 1. The monoisotopic (exact) mass is 274 g/mol. The number of rotatable bonds is 1. The molecule has 68 valence electrons. The number of benzene rings is 1. The van der Waals surface area contributed by atoms with Crippen LogP contribution in [0.15, 0.2) is 18.2 Å². The topological polar surface area (TPSA) is 0 Å². The van der Waals surface area contributed by atoms with Crippen LogP contribution in [0.5, 0.6) is 0 Å².